The Kier molecular flexibility index (Phi) is 6.00. The van der Waals surface area contributed by atoms with Gasteiger partial charge in [0.1, 0.15) is 12.4 Å². The molecule has 128 valence electrons. The van der Waals surface area contributed by atoms with Crippen LogP contribution in [0.2, 0.25) is 5.02 Å². The summed E-state index contributed by atoms with van der Waals surface area (Å²) in [5, 5.41) is 4.16. The minimum absolute atomic E-state index is 0.486. The molecule has 0 heterocycles. The Morgan fingerprint density at radius 2 is 1.80 bits per heavy atom. The van der Waals surface area contributed by atoms with Crippen LogP contribution in [0.15, 0.2) is 71.2 Å². The van der Waals surface area contributed by atoms with Crippen molar-refractivity contribution in [1.29, 1.82) is 0 Å². The van der Waals surface area contributed by atoms with Crippen molar-refractivity contribution >= 4 is 33.2 Å². The van der Waals surface area contributed by atoms with Crippen molar-refractivity contribution in [2.24, 2.45) is 0 Å². The average Bonchev–Trinajstić information content (AvgIpc) is 2.60. The van der Waals surface area contributed by atoms with E-state index in [-0.39, 0.29) is 0 Å². The summed E-state index contributed by atoms with van der Waals surface area (Å²) in [6, 6.07) is 22.1. The van der Waals surface area contributed by atoms with Gasteiger partial charge < -0.3 is 10.1 Å². The van der Waals surface area contributed by atoms with Crippen LogP contribution in [0, 0.1) is 6.92 Å². The predicted octanol–water partition coefficient (Wildman–Crippen LogP) is 6.60. The SMILES string of the molecule is Cc1ccc(NCc2cc(Br)ccc2OCc2cccc(Cl)c2)cc1. The lowest BCUT2D eigenvalue weighted by atomic mass is 10.2. The summed E-state index contributed by atoms with van der Waals surface area (Å²) in [5.74, 6) is 0.864. The average molecular weight is 417 g/mol. The molecule has 0 bridgehead atoms. The van der Waals surface area contributed by atoms with Gasteiger partial charge >= 0.3 is 0 Å². The Morgan fingerprint density at radius 1 is 1.00 bits per heavy atom. The molecule has 4 heteroatoms. The molecule has 2 nitrogen and oxygen atoms in total. The molecule has 0 radical (unpaired) electrons. The third-order valence-corrected chi connectivity index (χ3v) is 4.57. The van der Waals surface area contributed by atoms with Crippen molar-refractivity contribution < 1.29 is 4.74 Å². The molecule has 0 aliphatic heterocycles. The Bertz CT molecular complexity index is 849. The molecule has 0 saturated heterocycles. The van der Waals surface area contributed by atoms with Gasteiger partial charge in [0.15, 0.2) is 0 Å². The van der Waals surface area contributed by atoms with Crippen molar-refractivity contribution in [2.45, 2.75) is 20.1 Å². The van der Waals surface area contributed by atoms with Gasteiger partial charge in [-0.3, -0.25) is 0 Å². The molecule has 0 aliphatic rings. The van der Waals surface area contributed by atoms with Crippen LogP contribution in [0.3, 0.4) is 0 Å². The number of nitrogens with one attached hydrogen (secondary N) is 1. The third-order valence-electron chi connectivity index (χ3n) is 3.84. The van der Waals surface area contributed by atoms with E-state index < -0.39 is 0 Å². The highest BCUT2D eigenvalue weighted by Crippen LogP contribution is 2.25. The monoisotopic (exact) mass is 415 g/mol. The molecule has 3 rings (SSSR count). The van der Waals surface area contributed by atoms with Crippen molar-refractivity contribution in [3.63, 3.8) is 0 Å². The highest BCUT2D eigenvalue weighted by molar-refractivity contribution is 9.10. The number of hydrogen-bond acceptors (Lipinski definition) is 2. The van der Waals surface area contributed by atoms with E-state index >= 15 is 0 Å². The molecule has 0 amide bonds. The predicted molar refractivity (Wildman–Crippen MR) is 108 cm³/mol. The first kappa shape index (κ1) is 17.8. The molecule has 0 aliphatic carbocycles. The smallest absolute Gasteiger partial charge is 0.124 e. The fourth-order valence-corrected chi connectivity index (χ4v) is 3.10. The molecule has 3 aromatic rings. The quantitative estimate of drug-likeness (QED) is 0.488. The van der Waals surface area contributed by atoms with E-state index in [1.807, 2.05) is 36.4 Å². The maximum absolute atomic E-state index is 6.04. The fourth-order valence-electron chi connectivity index (χ4n) is 2.48. The summed E-state index contributed by atoms with van der Waals surface area (Å²) < 4.78 is 7.05. The Hall–Kier alpha value is -1.97. The van der Waals surface area contributed by atoms with Gasteiger partial charge in [-0.1, -0.05) is 57.4 Å². The molecule has 0 fully saturated rings. The van der Waals surface area contributed by atoms with Crippen LogP contribution in [-0.4, -0.2) is 0 Å². The van der Waals surface area contributed by atoms with E-state index in [1.54, 1.807) is 0 Å². The second-order valence-electron chi connectivity index (χ2n) is 5.89. The number of ether oxygens (including phenoxy) is 1. The second kappa shape index (κ2) is 8.41. The summed E-state index contributed by atoms with van der Waals surface area (Å²) in [6.07, 6.45) is 0. The summed E-state index contributed by atoms with van der Waals surface area (Å²) >= 11 is 9.57. The lowest BCUT2D eigenvalue weighted by molar-refractivity contribution is 0.303. The molecule has 1 N–H and O–H groups in total. The lowest BCUT2D eigenvalue weighted by Gasteiger charge is -2.14. The summed E-state index contributed by atoms with van der Waals surface area (Å²) in [6.45, 7) is 3.26. The topological polar surface area (TPSA) is 21.3 Å². The van der Waals surface area contributed by atoms with Gasteiger partial charge in [-0.05, 0) is 55.0 Å². The van der Waals surface area contributed by atoms with E-state index in [0.717, 1.165) is 32.1 Å². The lowest BCUT2D eigenvalue weighted by Crippen LogP contribution is -2.04. The fraction of sp³-hybridized carbons (Fsp3) is 0.143. The molecule has 3 aromatic carbocycles. The first-order chi connectivity index (χ1) is 12.1. The van der Waals surface area contributed by atoms with E-state index in [1.165, 1.54) is 5.56 Å². The van der Waals surface area contributed by atoms with Crippen molar-refractivity contribution in [2.75, 3.05) is 5.32 Å². The number of hydrogen-bond donors (Lipinski definition) is 1. The normalized spacial score (nSPS) is 10.5. The number of aryl methyl sites for hydroxylation is 1. The molecule has 0 saturated carbocycles. The molecule has 0 unspecified atom stereocenters. The van der Waals surface area contributed by atoms with Crippen LogP contribution in [0.25, 0.3) is 0 Å². The summed E-state index contributed by atoms with van der Waals surface area (Å²) in [4.78, 5) is 0. The molecule has 0 atom stereocenters. The molecule has 25 heavy (non-hydrogen) atoms. The van der Waals surface area contributed by atoms with Crippen LogP contribution >= 0.6 is 27.5 Å². The molecular formula is C21H19BrClNO. The Morgan fingerprint density at radius 3 is 2.56 bits per heavy atom. The molecular weight excluding hydrogens is 398 g/mol. The van der Waals surface area contributed by atoms with Gasteiger partial charge in [-0.2, -0.15) is 0 Å². The minimum atomic E-state index is 0.486. The van der Waals surface area contributed by atoms with E-state index in [0.29, 0.717) is 13.2 Å². The van der Waals surface area contributed by atoms with Crippen LogP contribution < -0.4 is 10.1 Å². The van der Waals surface area contributed by atoms with Gasteiger partial charge in [0.25, 0.3) is 0 Å². The van der Waals surface area contributed by atoms with E-state index in [2.05, 4.69) is 58.5 Å². The maximum atomic E-state index is 6.04. The van der Waals surface area contributed by atoms with E-state index in [4.69, 9.17) is 16.3 Å². The van der Waals surface area contributed by atoms with Gasteiger partial charge in [0, 0.05) is 27.3 Å². The molecule has 0 aromatic heterocycles. The summed E-state index contributed by atoms with van der Waals surface area (Å²) in [7, 11) is 0. The zero-order valence-electron chi connectivity index (χ0n) is 13.9. The van der Waals surface area contributed by atoms with Crippen molar-refractivity contribution in [3.05, 3.63) is 92.9 Å². The number of anilines is 1. The highest BCUT2D eigenvalue weighted by Gasteiger charge is 2.06. The van der Waals surface area contributed by atoms with Gasteiger partial charge in [0.2, 0.25) is 0 Å². The zero-order chi connectivity index (χ0) is 17.6. The van der Waals surface area contributed by atoms with Gasteiger partial charge in [0.05, 0.1) is 0 Å². The number of benzene rings is 3. The maximum Gasteiger partial charge on any atom is 0.124 e. The Labute approximate surface area is 161 Å². The standard InChI is InChI=1S/C21H19BrClNO/c1-15-5-8-20(9-6-15)24-13-17-12-18(22)7-10-21(17)25-14-16-3-2-4-19(23)11-16/h2-12,24H,13-14H2,1H3. The van der Waals surface area contributed by atoms with Crippen LogP contribution in [0.4, 0.5) is 5.69 Å². The Balaban J connectivity index is 1.70. The van der Waals surface area contributed by atoms with E-state index in [9.17, 15) is 0 Å². The first-order valence-corrected chi connectivity index (χ1v) is 9.23. The third kappa shape index (κ3) is 5.25. The minimum Gasteiger partial charge on any atom is -0.489 e. The van der Waals surface area contributed by atoms with Gasteiger partial charge in [-0.25, -0.2) is 0 Å². The number of rotatable bonds is 6. The van der Waals surface area contributed by atoms with Crippen molar-refractivity contribution in [3.8, 4) is 5.75 Å². The van der Waals surface area contributed by atoms with Crippen LogP contribution in [0.1, 0.15) is 16.7 Å². The van der Waals surface area contributed by atoms with Gasteiger partial charge in [-0.15, -0.1) is 0 Å². The van der Waals surface area contributed by atoms with Crippen LogP contribution in [-0.2, 0) is 13.2 Å². The zero-order valence-corrected chi connectivity index (χ0v) is 16.3. The van der Waals surface area contributed by atoms with Crippen LogP contribution in [0.5, 0.6) is 5.75 Å². The second-order valence-corrected chi connectivity index (χ2v) is 7.24. The largest absolute Gasteiger partial charge is 0.489 e. The number of halogens is 2. The summed E-state index contributed by atoms with van der Waals surface area (Å²) in [5.41, 5.74) is 4.48. The molecule has 0 spiro atoms. The highest BCUT2D eigenvalue weighted by atomic mass is 79.9. The first-order valence-electron chi connectivity index (χ1n) is 8.06. The van der Waals surface area contributed by atoms with Crippen molar-refractivity contribution in [1.82, 2.24) is 0 Å².